The van der Waals surface area contributed by atoms with E-state index in [0.717, 1.165) is 5.56 Å². The topological polar surface area (TPSA) is 105 Å². The molecular weight excluding hydrogens is 364 g/mol. The van der Waals surface area contributed by atoms with E-state index in [1.807, 2.05) is 0 Å². The summed E-state index contributed by atoms with van der Waals surface area (Å²) in [6, 6.07) is 6.57. The predicted octanol–water partition coefficient (Wildman–Crippen LogP) is 1.92. The number of ether oxygens (including phenoxy) is 2. The van der Waals surface area contributed by atoms with E-state index in [0.29, 0.717) is 17.7 Å². The van der Waals surface area contributed by atoms with Crippen LogP contribution in [0.1, 0.15) is 18.9 Å². The van der Waals surface area contributed by atoms with Crippen molar-refractivity contribution in [2.45, 2.75) is 25.5 Å². The van der Waals surface area contributed by atoms with Crippen LogP contribution in [0.3, 0.4) is 0 Å². The Morgan fingerprint density at radius 2 is 2.07 bits per heavy atom. The van der Waals surface area contributed by atoms with Gasteiger partial charge in [0.2, 0.25) is 5.91 Å². The number of carbonyl (C=O) groups is 3. The minimum atomic E-state index is -0.801. The molecule has 3 rings (SSSR count). The van der Waals surface area contributed by atoms with Crippen LogP contribution in [0, 0.1) is 5.92 Å². The molecule has 1 aromatic carbocycles. The largest absolute Gasteiger partial charge is 0.457 e. The average Bonchev–Trinajstić information content (AvgIpc) is 3.01. The number of esters is 1. The van der Waals surface area contributed by atoms with Crippen molar-refractivity contribution in [2.75, 3.05) is 19.0 Å². The Morgan fingerprint density at radius 1 is 1.39 bits per heavy atom. The molecule has 28 heavy (non-hydrogen) atoms. The highest BCUT2D eigenvalue weighted by atomic mass is 16.5. The molecule has 0 saturated carbocycles. The summed E-state index contributed by atoms with van der Waals surface area (Å²) in [5.41, 5.74) is 2.13. The van der Waals surface area contributed by atoms with Crippen LogP contribution < -0.4 is 5.32 Å². The molecule has 1 aromatic rings. The highest BCUT2D eigenvalue weighted by Crippen LogP contribution is 2.47. The SMILES string of the molecule is C=CCOC(=O)C1=C(c2ccc(NC(=O)OC)cc2)C[C@@H]2[C@@H]([C@@H](C)O)C(=O)N12. The zero-order valence-electron chi connectivity index (χ0n) is 15.7. The lowest BCUT2D eigenvalue weighted by atomic mass is 9.82. The maximum Gasteiger partial charge on any atom is 0.411 e. The Kier molecular flexibility index (Phi) is 5.51. The van der Waals surface area contributed by atoms with Gasteiger partial charge in [0.25, 0.3) is 0 Å². The molecule has 2 aliphatic rings. The van der Waals surface area contributed by atoms with E-state index in [1.54, 1.807) is 31.2 Å². The smallest absolute Gasteiger partial charge is 0.411 e. The van der Waals surface area contributed by atoms with E-state index in [2.05, 4.69) is 16.6 Å². The minimum Gasteiger partial charge on any atom is -0.457 e. The van der Waals surface area contributed by atoms with Crippen LogP contribution in [0.2, 0.25) is 0 Å². The van der Waals surface area contributed by atoms with Crippen molar-refractivity contribution in [3.05, 3.63) is 48.2 Å². The van der Waals surface area contributed by atoms with Gasteiger partial charge < -0.3 is 19.5 Å². The van der Waals surface area contributed by atoms with Gasteiger partial charge in [0, 0.05) is 5.69 Å². The van der Waals surface area contributed by atoms with Crippen LogP contribution >= 0.6 is 0 Å². The van der Waals surface area contributed by atoms with Crippen LogP contribution in [0.4, 0.5) is 10.5 Å². The molecule has 8 nitrogen and oxygen atoms in total. The van der Waals surface area contributed by atoms with Crippen molar-refractivity contribution in [1.29, 1.82) is 0 Å². The van der Waals surface area contributed by atoms with E-state index >= 15 is 0 Å². The number of fused-ring (bicyclic) bond motifs is 1. The summed E-state index contributed by atoms with van der Waals surface area (Å²) in [5.74, 6) is -1.43. The fourth-order valence-corrected chi connectivity index (χ4v) is 3.64. The zero-order valence-corrected chi connectivity index (χ0v) is 15.7. The van der Waals surface area contributed by atoms with E-state index in [4.69, 9.17) is 4.74 Å². The lowest BCUT2D eigenvalue weighted by Gasteiger charge is -2.44. The second kappa shape index (κ2) is 7.85. The first-order chi connectivity index (χ1) is 13.4. The first-order valence-corrected chi connectivity index (χ1v) is 8.86. The summed E-state index contributed by atoms with van der Waals surface area (Å²) in [4.78, 5) is 37.8. The molecular formula is C20H22N2O6. The first-order valence-electron chi connectivity index (χ1n) is 8.86. The van der Waals surface area contributed by atoms with Crippen LogP contribution in [-0.2, 0) is 19.1 Å². The lowest BCUT2D eigenvalue weighted by Crippen LogP contribution is -2.61. The van der Waals surface area contributed by atoms with Gasteiger partial charge in [-0.3, -0.25) is 10.1 Å². The molecule has 3 atom stereocenters. The van der Waals surface area contributed by atoms with Gasteiger partial charge in [-0.15, -0.1) is 0 Å². The molecule has 0 unspecified atom stereocenters. The molecule has 148 valence electrons. The summed E-state index contributed by atoms with van der Waals surface area (Å²) in [5, 5.41) is 12.5. The average molecular weight is 386 g/mol. The number of aliphatic hydroxyl groups is 1. The van der Waals surface area contributed by atoms with Crippen molar-refractivity contribution >= 4 is 29.2 Å². The zero-order chi connectivity index (χ0) is 20.4. The number of carbonyl (C=O) groups excluding carboxylic acids is 3. The molecule has 0 aliphatic carbocycles. The number of hydrogen-bond donors (Lipinski definition) is 2. The Hall–Kier alpha value is -3.13. The van der Waals surface area contributed by atoms with E-state index < -0.39 is 24.1 Å². The summed E-state index contributed by atoms with van der Waals surface area (Å²) in [7, 11) is 1.27. The molecule has 0 spiro atoms. The number of hydrogen-bond acceptors (Lipinski definition) is 6. The number of methoxy groups -OCH3 is 1. The van der Waals surface area contributed by atoms with Gasteiger partial charge in [-0.1, -0.05) is 24.8 Å². The van der Waals surface area contributed by atoms with Gasteiger partial charge >= 0.3 is 12.1 Å². The number of amides is 2. The van der Waals surface area contributed by atoms with E-state index in [9.17, 15) is 19.5 Å². The van der Waals surface area contributed by atoms with Gasteiger partial charge in [-0.25, -0.2) is 9.59 Å². The maximum absolute atomic E-state index is 12.6. The number of anilines is 1. The van der Waals surface area contributed by atoms with Crippen molar-refractivity contribution < 1.29 is 29.0 Å². The molecule has 1 fully saturated rings. The van der Waals surface area contributed by atoms with Gasteiger partial charge in [0.15, 0.2) is 0 Å². The standard InChI is InChI=1S/C20H22N2O6/c1-4-9-28-19(25)17-14(10-15-16(11(2)23)18(24)22(15)17)12-5-7-13(8-6-12)21-20(26)27-3/h4-8,11,15-16,23H,1,9-10H2,2-3H3,(H,21,26)/t11-,15-,16-/m1/s1. The van der Waals surface area contributed by atoms with Crippen LogP contribution in [-0.4, -0.2) is 53.8 Å². The number of aliphatic hydroxyl groups excluding tert-OH is 1. The van der Waals surface area contributed by atoms with Gasteiger partial charge in [0.05, 0.1) is 25.2 Å². The third-order valence-corrected chi connectivity index (χ3v) is 4.92. The van der Waals surface area contributed by atoms with Crippen molar-refractivity contribution in [1.82, 2.24) is 4.90 Å². The molecule has 0 aromatic heterocycles. The molecule has 0 bridgehead atoms. The van der Waals surface area contributed by atoms with Crippen LogP contribution in [0.15, 0.2) is 42.6 Å². The summed E-state index contributed by atoms with van der Waals surface area (Å²) in [6.07, 6.45) is 0.499. The highest BCUT2D eigenvalue weighted by molar-refractivity contribution is 6.06. The first kappa shape index (κ1) is 19.6. The number of nitrogens with zero attached hydrogens (tertiary/aromatic N) is 1. The highest BCUT2D eigenvalue weighted by Gasteiger charge is 2.57. The maximum atomic E-state index is 12.6. The van der Waals surface area contributed by atoms with Crippen LogP contribution in [0.5, 0.6) is 0 Å². The quantitative estimate of drug-likeness (QED) is 0.440. The molecule has 2 N–H and O–H groups in total. The summed E-state index contributed by atoms with van der Waals surface area (Å²) < 4.78 is 9.73. The van der Waals surface area contributed by atoms with Crippen molar-refractivity contribution in [2.24, 2.45) is 5.92 Å². The predicted molar refractivity (Wildman–Crippen MR) is 101 cm³/mol. The number of nitrogens with one attached hydrogen (secondary N) is 1. The van der Waals surface area contributed by atoms with Gasteiger partial charge in [-0.05, 0) is 36.6 Å². The van der Waals surface area contributed by atoms with Crippen LogP contribution in [0.25, 0.3) is 5.57 Å². The monoisotopic (exact) mass is 386 g/mol. The number of benzene rings is 1. The van der Waals surface area contributed by atoms with E-state index in [-0.39, 0.29) is 24.3 Å². The lowest BCUT2D eigenvalue weighted by molar-refractivity contribution is -0.162. The number of β-lactam (4-membered cyclic amide) rings is 1. The molecule has 2 aliphatic heterocycles. The fourth-order valence-electron chi connectivity index (χ4n) is 3.64. The molecule has 0 radical (unpaired) electrons. The Labute approximate surface area is 162 Å². The van der Waals surface area contributed by atoms with E-state index in [1.165, 1.54) is 18.1 Å². The third-order valence-electron chi connectivity index (χ3n) is 4.92. The molecule has 8 heteroatoms. The third kappa shape index (κ3) is 3.38. The van der Waals surface area contributed by atoms with Crippen molar-refractivity contribution in [3.63, 3.8) is 0 Å². The number of rotatable bonds is 6. The molecule has 2 heterocycles. The Morgan fingerprint density at radius 3 is 2.64 bits per heavy atom. The second-order valence-corrected chi connectivity index (χ2v) is 6.65. The summed E-state index contributed by atoms with van der Waals surface area (Å²) >= 11 is 0. The Balaban J connectivity index is 1.92. The second-order valence-electron chi connectivity index (χ2n) is 6.65. The summed E-state index contributed by atoms with van der Waals surface area (Å²) in [6.45, 7) is 5.13. The normalized spacial score (nSPS) is 21.5. The van der Waals surface area contributed by atoms with Gasteiger partial charge in [0.1, 0.15) is 12.3 Å². The Bertz CT molecular complexity index is 843. The molecule has 2 amide bonds. The molecule has 1 saturated heterocycles. The minimum absolute atomic E-state index is 0.0319. The fraction of sp³-hybridized carbons (Fsp3) is 0.350. The van der Waals surface area contributed by atoms with Crippen molar-refractivity contribution in [3.8, 4) is 0 Å². The van der Waals surface area contributed by atoms with Gasteiger partial charge in [-0.2, -0.15) is 0 Å².